The summed E-state index contributed by atoms with van der Waals surface area (Å²) in [5.41, 5.74) is 0.294. The highest BCUT2D eigenvalue weighted by molar-refractivity contribution is 8.13. The van der Waals surface area contributed by atoms with Gasteiger partial charge in [0.25, 0.3) is 0 Å². The fraction of sp³-hybridized carbons (Fsp3) is 0.588. The zero-order chi connectivity index (χ0) is 19.7. The van der Waals surface area contributed by atoms with Crippen LogP contribution in [-0.4, -0.2) is 58.2 Å². The molecule has 2 aliphatic heterocycles. The van der Waals surface area contributed by atoms with Crippen LogP contribution in [0.2, 0.25) is 0 Å². The van der Waals surface area contributed by atoms with Crippen molar-refractivity contribution in [2.75, 3.05) is 30.3 Å². The van der Waals surface area contributed by atoms with Crippen LogP contribution >= 0.6 is 10.7 Å². The van der Waals surface area contributed by atoms with E-state index in [1.165, 1.54) is 4.90 Å². The van der Waals surface area contributed by atoms with Crippen molar-refractivity contribution in [2.45, 2.75) is 19.4 Å². The summed E-state index contributed by atoms with van der Waals surface area (Å²) in [6.07, 6.45) is 0.130. The Kier molecular flexibility index (Phi) is 5.74. The molecule has 0 saturated carbocycles. The van der Waals surface area contributed by atoms with E-state index in [0.29, 0.717) is 12.8 Å². The number of likely N-dealkylation sites (tertiary alicyclic amines) is 1. The third-order valence-corrected chi connectivity index (χ3v) is 8.33. The number of sulfone groups is 1. The molecule has 2 saturated heterocycles. The number of carbonyl (C=O) groups is 1. The molecule has 2 heterocycles. The van der Waals surface area contributed by atoms with Gasteiger partial charge in [0, 0.05) is 23.8 Å². The molecule has 3 rings (SSSR count). The monoisotopic (exact) mass is 435 g/mol. The number of amides is 1. The Labute approximate surface area is 164 Å². The molecule has 27 heavy (non-hydrogen) atoms. The lowest BCUT2D eigenvalue weighted by Crippen LogP contribution is -2.41. The molecular formula is C17H22ClNO6S2. The highest BCUT2D eigenvalue weighted by atomic mass is 35.7. The van der Waals surface area contributed by atoms with E-state index in [0.717, 1.165) is 5.56 Å². The molecule has 0 bridgehead atoms. The Morgan fingerprint density at radius 1 is 1.22 bits per heavy atom. The van der Waals surface area contributed by atoms with Crippen molar-refractivity contribution in [3.05, 3.63) is 35.9 Å². The van der Waals surface area contributed by atoms with Crippen LogP contribution in [-0.2, 0) is 30.2 Å². The number of nitrogens with zero attached hydrogens (tertiary/aromatic N) is 1. The van der Waals surface area contributed by atoms with Crippen molar-refractivity contribution in [3.8, 4) is 0 Å². The fourth-order valence-corrected chi connectivity index (χ4v) is 7.00. The molecule has 150 valence electrons. The van der Waals surface area contributed by atoms with Crippen molar-refractivity contribution in [1.29, 1.82) is 0 Å². The summed E-state index contributed by atoms with van der Waals surface area (Å²) in [4.78, 5) is 14.0. The van der Waals surface area contributed by atoms with Crippen molar-refractivity contribution < 1.29 is 26.4 Å². The molecular weight excluding hydrogens is 414 g/mol. The number of ether oxygens (including phenoxy) is 1. The maximum Gasteiger partial charge on any atom is 0.410 e. The smallest absolute Gasteiger partial charge is 0.410 e. The van der Waals surface area contributed by atoms with Gasteiger partial charge in [-0.3, -0.25) is 0 Å². The summed E-state index contributed by atoms with van der Waals surface area (Å²) in [6.45, 7) is 0.600. The van der Waals surface area contributed by atoms with Gasteiger partial charge in [-0.25, -0.2) is 21.6 Å². The van der Waals surface area contributed by atoms with E-state index < -0.39 is 36.3 Å². The first-order valence-corrected chi connectivity index (χ1v) is 13.0. The number of rotatable bonds is 4. The van der Waals surface area contributed by atoms with E-state index in [2.05, 4.69) is 0 Å². The van der Waals surface area contributed by atoms with Crippen LogP contribution in [0.3, 0.4) is 0 Å². The Hall–Kier alpha value is -1.32. The zero-order valence-electron chi connectivity index (χ0n) is 14.7. The maximum atomic E-state index is 12.5. The predicted octanol–water partition coefficient (Wildman–Crippen LogP) is 2.02. The number of hydrogen-bond acceptors (Lipinski definition) is 6. The van der Waals surface area contributed by atoms with Crippen LogP contribution in [0.15, 0.2) is 30.3 Å². The van der Waals surface area contributed by atoms with Gasteiger partial charge < -0.3 is 9.64 Å². The number of halogens is 1. The molecule has 0 aliphatic carbocycles. The second kappa shape index (κ2) is 7.60. The molecule has 1 atom stereocenters. The van der Waals surface area contributed by atoms with Crippen molar-refractivity contribution >= 4 is 35.7 Å². The van der Waals surface area contributed by atoms with Crippen LogP contribution in [0.4, 0.5) is 4.79 Å². The molecule has 0 aromatic heterocycles. The zero-order valence-corrected chi connectivity index (χ0v) is 17.1. The fourth-order valence-electron chi connectivity index (χ4n) is 3.96. The quantitative estimate of drug-likeness (QED) is 0.671. The van der Waals surface area contributed by atoms with E-state index >= 15 is 0 Å². The molecule has 2 fully saturated rings. The molecule has 2 aliphatic rings. The highest BCUT2D eigenvalue weighted by Crippen LogP contribution is 2.46. The van der Waals surface area contributed by atoms with E-state index in [9.17, 15) is 21.6 Å². The molecule has 1 spiro atoms. The molecule has 1 aromatic rings. The molecule has 1 aromatic carbocycles. The van der Waals surface area contributed by atoms with Gasteiger partial charge in [-0.15, -0.1) is 0 Å². The van der Waals surface area contributed by atoms with Gasteiger partial charge in [-0.05, 0) is 29.7 Å². The molecule has 0 radical (unpaired) electrons. The van der Waals surface area contributed by atoms with Crippen molar-refractivity contribution in [3.63, 3.8) is 0 Å². The SMILES string of the molecule is O=C(OCc1ccccc1)N1CC(CS(=O)(=O)Cl)C2(CCS(=O)(=O)CC2)C1. The van der Waals surface area contributed by atoms with Crippen LogP contribution in [0, 0.1) is 11.3 Å². The minimum atomic E-state index is -3.77. The standard InChI is InChI=1S/C17H22ClNO6S2/c18-27(23,24)12-15-10-19(13-17(15)6-8-26(21,22)9-7-17)16(20)25-11-14-4-2-1-3-5-14/h1-5,15H,6-13H2. The Morgan fingerprint density at radius 3 is 2.44 bits per heavy atom. The van der Waals surface area contributed by atoms with E-state index in [-0.39, 0.29) is 37.0 Å². The lowest BCUT2D eigenvalue weighted by molar-refractivity contribution is 0.0987. The van der Waals surface area contributed by atoms with E-state index in [4.69, 9.17) is 15.4 Å². The van der Waals surface area contributed by atoms with Crippen molar-refractivity contribution in [1.82, 2.24) is 4.90 Å². The van der Waals surface area contributed by atoms with Crippen LogP contribution < -0.4 is 0 Å². The first-order chi connectivity index (χ1) is 12.6. The highest BCUT2D eigenvalue weighted by Gasteiger charge is 2.51. The van der Waals surface area contributed by atoms with Crippen LogP contribution in [0.25, 0.3) is 0 Å². The second-order valence-corrected chi connectivity index (χ2v) is 12.5. The third kappa shape index (κ3) is 5.14. The number of benzene rings is 1. The third-order valence-electron chi connectivity index (χ3n) is 5.50. The van der Waals surface area contributed by atoms with Crippen LogP contribution in [0.1, 0.15) is 18.4 Å². The summed E-state index contributed by atoms with van der Waals surface area (Å²) in [6, 6.07) is 9.24. The summed E-state index contributed by atoms with van der Waals surface area (Å²) >= 11 is 0. The molecule has 7 nitrogen and oxygen atoms in total. The molecule has 10 heteroatoms. The largest absolute Gasteiger partial charge is 0.445 e. The normalized spacial score (nSPS) is 24.0. The van der Waals surface area contributed by atoms with Gasteiger partial charge in [0.2, 0.25) is 9.05 Å². The Bertz CT molecular complexity index is 887. The maximum absolute atomic E-state index is 12.5. The minimum Gasteiger partial charge on any atom is -0.445 e. The van der Waals surface area contributed by atoms with Gasteiger partial charge in [0.1, 0.15) is 16.4 Å². The lowest BCUT2D eigenvalue weighted by Gasteiger charge is -2.37. The minimum absolute atomic E-state index is 0.00125. The first kappa shape index (κ1) is 20.4. The molecule has 1 unspecified atom stereocenters. The van der Waals surface area contributed by atoms with Crippen molar-refractivity contribution in [2.24, 2.45) is 11.3 Å². The molecule has 0 N–H and O–H groups in total. The summed E-state index contributed by atoms with van der Waals surface area (Å²) in [5, 5.41) is 0. The topological polar surface area (TPSA) is 97.8 Å². The summed E-state index contributed by atoms with van der Waals surface area (Å²) < 4.78 is 52.2. The summed E-state index contributed by atoms with van der Waals surface area (Å²) in [7, 11) is -1.43. The number of carbonyl (C=O) groups excluding carboxylic acids is 1. The Morgan fingerprint density at radius 2 is 1.85 bits per heavy atom. The molecule has 1 amide bonds. The average molecular weight is 436 g/mol. The average Bonchev–Trinajstić information content (AvgIpc) is 2.93. The lowest BCUT2D eigenvalue weighted by atomic mass is 9.74. The second-order valence-electron chi connectivity index (χ2n) is 7.34. The van der Waals surface area contributed by atoms with Gasteiger partial charge in [0.15, 0.2) is 0 Å². The Balaban J connectivity index is 1.71. The van der Waals surface area contributed by atoms with Gasteiger partial charge in [-0.1, -0.05) is 30.3 Å². The van der Waals surface area contributed by atoms with E-state index in [1.807, 2.05) is 30.3 Å². The van der Waals surface area contributed by atoms with Gasteiger partial charge in [0.05, 0.1) is 17.3 Å². The van der Waals surface area contributed by atoms with E-state index in [1.54, 1.807) is 0 Å². The predicted molar refractivity (Wildman–Crippen MR) is 102 cm³/mol. The summed E-state index contributed by atoms with van der Waals surface area (Å²) in [5.74, 6) is -0.686. The van der Waals surface area contributed by atoms with Crippen LogP contribution in [0.5, 0.6) is 0 Å². The van der Waals surface area contributed by atoms with Gasteiger partial charge >= 0.3 is 6.09 Å². The number of hydrogen-bond donors (Lipinski definition) is 0. The van der Waals surface area contributed by atoms with Gasteiger partial charge in [-0.2, -0.15) is 0 Å². The first-order valence-electron chi connectivity index (χ1n) is 8.67.